The summed E-state index contributed by atoms with van der Waals surface area (Å²) in [6.45, 7) is 3.13. The molecule has 2 amide bonds. The summed E-state index contributed by atoms with van der Waals surface area (Å²) < 4.78 is 6.07. The first-order valence-electron chi connectivity index (χ1n) is 9.10. The first kappa shape index (κ1) is 17.8. The third-order valence-electron chi connectivity index (χ3n) is 4.67. The van der Waals surface area contributed by atoms with Gasteiger partial charge in [-0.15, -0.1) is 11.3 Å². The summed E-state index contributed by atoms with van der Waals surface area (Å²) in [6, 6.07) is 22.0. The molecule has 1 aromatic heterocycles. The fraction of sp³-hybridized carbons (Fsp3) is 0.227. The van der Waals surface area contributed by atoms with Crippen molar-refractivity contribution in [3.05, 3.63) is 77.7 Å². The summed E-state index contributed by atoms with van der Waals surface area (Å²) in [7, 11) is 0. The van der Waals surface area contributed by atoms with Crippen molar-refractivity contribution in [3.63, 3.8) is 0 Å². The number of amides is 2. The molecule has 0 radical (unpaired) electrons. The number of ether oxygens (including phenoxy) is 1. The number of thiophene rings is 1. The van der Waals surface area contributed by atoms with Crippen molar-refractivity contribution in [2.75, 3.05) is 18.4 Å². The molecule has 2 aromatic carbocycles. The Bertz CT molecular complexity index is 896. The molecule has 4 rings (SSSR count). The van der Waals surface area contributed by atoms with Crippen LogP contribution in [0.1, 0.15) is 18.6 Å². The molecule has 0 spiro atoms. The van der Waals surface area contributed by atoms with Crippen LogP contribution in [-0.4, -0.2) is 30.1 Å². The molecule has 27 heavy (non-hydrogen) atoms. The smallest absolute Gasteiger partial charge is 0.322 e. The number of morpholine rings is 1. The van der Waals surface area contributed by atoms with Crippen molar-refractivity contribution in [2.24, 2.45) is 0 Å². The molecule has 0 unspecified atom stereocenters. The van der Waals surface area contributed by atoms with Crippen molar-refractivity contribution in [2.45, 2.75) is 19.1 Å². The van der Waals surface area contributed by atoms with E-state index in [4.69, 9.17) is 4.74 Å². The normalized spacial score (nSPS) is 19.7. The Morgan fingerprint density at radius 3 is 2.59 bits per heavy atom. The van der Waals surface area contributed by atoms with Gasteiger partial charge in [-0.05, 0) is 30.0 Å². The van der Waals surface area contributed by atoms with Gasteiger partial charge in [0.1, 0.15) is 6.10 Å². The van der Waals surface area contributed by atoms with Gasteiger partial charge in [0, 0.05) is 17.0 Å². The number of carbonyl (C=O) groups excluding carboxylic acids is 1. The maximum absolute atomic E-state index is 13.0. The van der Waals surface area contributed by atoms with Crippen molar-refractivity contribution in [1.82, 2.24) is 4.90 Å². The number of hydrogen-bond acceptors (Lipinski definition) is 3. The summed E-state index contributed by atoms with van der Waals surface area (Å²) >= 11 is 1.67. The lowest BCUT2D eigenvalue weighted by Gasteiger charge is -2.37. The van der Waals surface area contributed by atoms with Crippen LogP contribution in [0.5, 0.6) is 0 Å². The number of anilines is 1. The van der Waals surface area contributed by atoms with Crippen molar-refractivity contribution in [3.8, 4) is 10.4 Å². The Kier molecular flexibility index (Phi) is 5.23. The number of nitrogens with zero attached hydrogens (tertiary/aromatic N) is 1. The van der Waals surface area contributed by atoms with E-state index in [1.54, 1.807) is 11.3 Å². The first-order chi connectivity index (χ1) is 13.2. The molecule has 3 aromatic rings. The maximum atomic E-state index is 13.0. The summed E-state index contributed by atoms with van der Waals surface area (Å²) in [5.74, 6) is 0. The summed E-state index contributed by atoms with van der Waals surface area (Å²) in [6.07, 6.45) is -0.115. The minimum atomic E-state index is -0.103. The number of urea groups is 1. The van der Waals surface area contributed by atoms with Crippen LogP contribution >= 0.6 is 11.3 Å². The van der Waals surface area contributed by atoms with Crippen LogP contribution in [0.15, 0.2) is 72.1 Å². The molecule has 2 atom stereocenters. The van der Waals surface area contributed by atoms with Gasteiger partial charge in [-0.1, -0.05) is 54.6 Å². The van der Waals surface area contributed by atoms with E-state index in [9.17, 15) is 4.79 Å². The molecular formula is C22H22N2O2S. The average Bonchev–Trinajstić information content (AvgIpc) is 3.23. The standard InChI is InChI=1S/C22H22N2O2S/c1-16-14-24(15-20(26-16)17-8-3-2-4-9-17)22(25)23-19-11-6-5-10-18(19)21-12-7-13-27-21/h2-13,16,20H,14-15H2,1H3,(H,23,25)/t16-,20+/m1/s1. The minimum Gasteiger partial charge on any atom is -0.367 e. The number of carbonyl (C=O) groups is 1. The zero-order valence-corrected chi connectivity index (χ0v) is 16.0. The van der Waals surface area contributed by atoms with Gasteiger partial charge in [0.2, 0.25) is 0 Å². The van der Waals surface area contributed by atoms with Crippen LogP contribution in [-0.2, 0) is 4.74 Å². The van der Waals surface area contributed by atoms with Crippen molar-refractivity contribution in [1.29, 1.82) is 0 Å². The van der Waals surface area contributed by atoms with Crippen LogP contribution in [0.2, 0.25) is 0 Å². The van der Waals surface area contributed by atoms with E-state index in [0.29, 0.717) is 13.1 Å². The number of rotatable bonds is 3. The van der Waals surface area contributed by atoms with E-state index < -0.39 is 0 Å². The van der Waals surface area contributed by atoms with Gasteiger partial charge in [0.15, 0.2) is 0 Å². The van der Waals surface area contributed by atoms with E-state index in [1.807, 2.05) is 77.9 Å². The van der Waals surface area contributed by atoms with Gasteiger partial charge < -0.3 is 15.0 Å². The molecule has 138 valence electrons. The van der Waals surface area contributed by atoms with Gasteiger partial charge in [0.25, 0.3) is 0 Å². The van der Waals surface area contributed by atoms with Crippen LogP contribution in [0.3, 0.4) is 0 Å². The Balaban J connectivity index is 1.52. The first-order valence-corrected chi connectivity index (χ1v) is 9.98. The summed E-state index contributed by atoms with van der Waals surface area (Å²) in [5, 5.41) is 5.14. The molecule has 1 saturated heterocycles. The Morgan fingerprint density at radius 1 is 1.04 bits per heavy atom. The molecule has 1 aliphatic heterocycles. The third kappa shape index (κ3) is 4.04. The van der Waals surface area contributed by atoms with E-state index in [1.165, 1.54) is 0 Å². The lowest BCUT2D eigenvalue weighted by molar-refractivity contribution is -0.0642. The highest BCUT2D eigenvalue weighted by Gasteiger charge is 2.29. The van der Waals surface area contributed by atoms with E-state index in [0.717, 1.165) is 21.7 Å². The predicted molar refractivity (Wildman–Crippen MR) is 110 cm³/mol. The maximum Gasteiger partial charge on any atom is 0.322 e. The second-order valence-electron chi connectivity index (χ2n) is 6.70. The largest absolute Gasteiger partial charge is 0.367 e. The SMILES string of the molecule is C[C@@H]1CN(C(=O)Nc2ccccc2-c2cccs2)C[C@@H](c2ccccc2)O1. The molecule has 1 fully saturated rings. The van der Waals surface area contributed by atoms with E-state index in [2.05, 4.69) is 11.4 Å². The van der Waals surface area contributed by atoms with Gasteiger partial charge in [-0.25, -0.2) is 4.79 Å². The predicted octanol–water partition coefficient (Wildman–Crippen LogP) is 5.41. The monoisotopic (exact) mass is 378 g/mol. The quantitative estimate of drug-likeness (QED) is 0.662. The Labute approximate surface area is 163 Å². The van der Waals surface area contributed by atoms with Crippen molar-refractivity contribution >= 4 is 23.1 Å². The second kappa shape index (κ2) is 7.94. The zero-order chi connectivity index (χ0) is 18.6. The van der Waals surface area contributed by atoms with Gasteiger partial charge in [-0.2, -0.15) is 0 Å². The van der Waals surface area contributed by atoms with Crippen LogP contribution in [0, 0.1) is 0 Å². The third-order valence-corrected chi connectivity index (χ3v) is 5.58. The molecule has 0 aliphatic carbocycles. The lowest BCUT2D eigenvalue weighted by Crippen LogP contribution is -2.47. The molecule has 0 bridgehead atoms. The highest BCUT2D eigenvalue weighted by molar-refractivity contribution is 7.13. The van der Waals surface area contributed by atoms with Crippen LogP contribution in [0.25, 0.3) is 10.4 Å². The summed E-state index contributed by atoms with van der Waals surface area (Å²) in [5.41, 5.74) is 2.97. The number of hydrogen-bond donors (Lipinski definition) is 1. The molecular weight excluding hydrogens is 356 g/mol. The molecule has 0 saturated carbocycles. The summed E-state index contributed by atoms with van der Waals surface area (Å²) in [4.78, 5) is 16.0. The Morgan fingerprint density at radius 2 is 1.81 bits per heavy atom. The van der Waals surface area contributed by atoms with Crippen LogP contribution in [0.4, 0.5) is 10.5 Å². The van der Waals surface area contributed by atoms with E-state index >= 15 is 0 Å². The lowest BCUT2D eigenvalue weighted by atomic mass is 10.1. The van der Waals surface area contributed by atoms with Gasteiger partial charge >= 0.3 is 6.03 Å². The number of benzene rings is 2. The topological polar surface area (TPSA) is 41.6 Å². The van der Waals surface area contributed by atoms with Gasteiger partial charge in [0.05, 0.1) is 18.3 Å². The zero-order valence-electron chi connectivity index (χ0n) is 15.2. The average molecular weight is 378 g/mol. The number of para-hydroxylation sites is 1. The van der Waals surface area contributed by atoms with Gasteiger partial charge in [-0.3, -0.25) is 0 Å². The number of nitrogens with one attached hydrogen (secondary N) is 1. The molecule has 1 aliphatic rings. The molecule has 5 heteroatoms. The van der Waals surface area contributed by atoms with Crippen LogP contribution < -0.4 is 5.32 Å². The molecule has 1 N–H and O–H groups in total. The highest BCUT2D eigenvalue weighted by Crippen LogP contribution is 2.32. The van der Waals surface area contributed by atoms with E-state index in [-0.39, 0.29) is 18.2 Å². The Hall–Kier alpha value is -2.63. The highest BCUT2D eigenvalue weighted by atomic mass is 32.1. The fourth-order valence-electron chi connectivity index (χ4n) is 3.40. The minimum absolute atomic E-state index is 0.0118. The molecule has 4 nitrogen and oxygen atoms in total. The fourth-order valence-corrected chi connectivity index (χ4v) is 4.17. The molecule has 2 heterocycles. The second-order valence-corrected chi connectivity index (χ2v) is 7.65. The van der Waals surface area contributed by atoms with Crippen molar-refractivity contribution < 1.29 is 9.53 Å².